The van der Waals surface area contributed by atoms with E-state index in [1.165, 1.54) is 12.1 Å². The molecule has 146 valence electrons. The van der Waals surface area contributed by atoms with Gasteiger partial charge in [0.1, 0.15) is 5.75 Å². The van der Waals surface area contributed by atoms with Crippen LogP contribution in [0.15, 0.2) is 42.5 Å². The number of alkyl halides is 3. The highest BCUT2D eigenvalue weighted by atomic mass is 19.4. The molecule has 4 nitrogen and oxygen atoms in total. The monoisotopic (exact) mass is 380 g/mol. The summed E-state index contributed by atoms with van der Waals surface area (Å²) >= 11 is 0. The van der Waals surface area contributed by atoms with Crippen molar-refractivity contribution >= 4 is 11.7 Å². The molecular weight excluding hydrogens is 357 g/mol. The van der Waals surface area contributed by atoms with Gasteiger partial charge in [-0.05, 0) is 46.9 Å². The van der Waals surface area contributed by atoms with Crippen LogP contribution in [0.2, 0.25) is 0 Å². The largest absolute Gasteiger partial charge is 0.497 e. The van der Waals surface area contributed by atoms with Gasteiger partial charge < -0.3 is 15.4 Å². The van der Waals surface area contributed by atoms with E-state index in [0.717, 1.165) is 29.0 Å². The van der Waals surface area contributed by atoms with Gasteiger partial charge in [-0.3, -0.25) is 0 Å². The Morgan fingerprint density at radius 3 is 2.37 bits per heavy atom. The van der Waals surface area contributed by atoms with E-state index >= 15 is 0 Å². The minimum Gasteiger partial charge on any atom is -0.497 e. The molecule has 0 atom stereocenters. The average Bonchev–Trinajstić information content (AvgIpc) is 2.58. The van der Waals surface area contributed by atoms with Crippen molar-refractivity contribution in [1.29, 1.82) is 0 Å². The minimum absolute atomic E-state index is 0.0769. The fourth-order valence-corrected chi connectivity index (χ4v) is 2.66. The zero-order valence-corrected chi connectivity index (χ0v) is 15.7. The van der Waals surface area contributed by atoms with Crippen molar-refractivity contribution in [2.45, 2.75) is 38.9 Å². The van der Waals surface area contributed by atoms with Gasteiger partial charge >= 0.3 is 12.2 Å². The predicted octanol–water partition coefficient (Wildman–Crippen LogP) is 5.33. The van der Waals surface area contributed by atoms with Gasteiger partial charge in [-0.25, -0.2) is 4.79 Å². The summed E-state index contributed by atoms with van der Waals surface area (Å²) in [5.41, 5.74) is 1.02. The van der Waals surface area contributed by atoms with E-state index in [9.17, 15) is 18.0 Å². The van der Waals surface area contributed by atoms with E-state index in [-0.39, 0.29) is 17.6 Å². The lowest BCUT2D eigenvalue weighted by Crippen LogP contribution is -2.29. The van der Waals surface area contributed by atoms with Crippen LogP contribution in [0, 0.1) is 0 Å². The van der Waals surface area contributed by atoms with Crippen LogP contribution < -0.4 is 15.4 Å². The quantitative estimate of drug-likeness (QED) is 0.753. The number of carbonyl (C=O) groups excluding carboxylic acids is 1. The Balaban J connectivity index is 2.08. The molecule has 0 bridgehead atoms. The van der Waals surface area contributed by atoms with Gasteiger partial charge in [0.15, 0.2) is 0 Å². The first-order chi connectivity index (χ1) is 12.5. The minimum atomic E-state index is -4.46. The molecule has 0 aliphatic rings. The molecule has 0 unspecified atom stereocenters. The molecule has 7 heteroatoms. The third-order valence-electron chi connectivity index (χ3n) is 4.01. The normalized spacial score (nSPS) is 11.8. The van der Waals surface area contributed by atoms with Gasteiger partial charge in [0.25, 0.3) is 0 Å². The third-order valence-corrected chi connectivity index (χ3v) is 4.01. The van der Waals surface area contributed by atoms with Crippen LogP contribution in [-0.4, -0.2) is 13.1 Å². The van der Waals surface area contributed by atoms with Crippen LogP contribution in [0.4, 0.5) is 23.7 Å². The second-order valence-corrected chi connectivity index (χ2v) is 7.16. The summed E-state index contributed by atoms with van der Waals surface area (Å²) in [5, 5.41) is 5.11. The number of amides is 2. The molecule has 0 saturated carbocycles. The number of hydrogen-bond donors (Lipinski definition) is 2. The Morgan fingerprint density at radius 2 is 1.78 bits per heavy atom. The van der Waals surface area contributed by atoms with Crippen molar-refractivity contribution in [3.8, 4) is 5.75 Å². The van der Waals surface area contributed by atoms with Crippen LogP contribution in [-0.2, 0) is 18.1 Å². The zero-order valence-electron chi connectivity index (χ0n) is 15.7. The smallest absolute Gasteiger partial charge is 0.416 e. The maximum atomic E-state index is 12.8. The van der Waals surface area contributed by atoms with Crippen LogP contribution >= 0.6 is 0 Å². The van der Waals surface area contributed by atoms with Gasteiger partial charge in [0.2, 0.25) is 0 Å². The summed E-state index contributed by atoms with van der Waals surface area (Å²) in [7, 11) is 1.59. The summed E-state index contributed by atoms with van der Waals surface area (Å²) < 4.78 is 43.5. The Morgan fingerprint density at radius 1 is 1.07 bits per heavy atom. The van der Waals surface area contributed by atoms with Gasteiger partial charge in [-0.2, -0.15) is 13.2 Å². The van der Waals surface area contributed by atoms with Crippen LogP contribution in [0.1, 0.15) is 37.5 Å². The summed E-state index contributed by atoms with van der Waals surface area (Å²) in [6.45, 7) is 6.39. The van der Waals surface area contributed by atoms with E-state index < -0.39 is 17.8 Å². The Kier molecular flexibility index (Phi) is 6.03. The molecule has 2 aromatic carbocycles. The van der Waals surface area contributed by atoms with Crippen molar-refractivity contribution in [1.82, 2.24) is 5.32 Å². The second kappa shape index (κ2) is 7.90. The molecule has 0 heterocycles. The van der Waals surface area contributed by atoms with Crippen LogP contribution in [0.25, 0.3) is 0 Å². The molecular formula is C20H23F3N2O2. The lowest BCUT2D eigenvalue weighted by molar-refractivity contribution is -0.137. The summed E-state index contributed by atoms with van der Waals surface area (Å²) in [6, 6.07) is 9.51. The Hall–Kier alpha value is -2.70. The average molecular weight is 380 g/mol. The van der Waals surface area contributed by atoms with Crippen LogP contribution in [0.5, 0.6) is 5.75 Å². The summed E-state index contributed by atoms with van der Waals surface area (Å²) in [4.78, 5) is 12.1. The molecule has 0 spiro atoms. The topological polar surface area (TPSA) is 50.4 Å². The molecule has 0 aromatic heterocycles. The number of methoxy groups -OCH3 is 1. The van der Waals surface area contributed by atoms with E-state index in [1.54, 1.807) is 13.2 Å². The Labute approximate surface area is 156 Å². The highest BCUT2D eigenvalue weighted by molar-refractivity contribution is 5.89. The van der Waals surface area contributed by atoms with Gasteiger partial charge in [-0.1, -0.05) is 32.9 Å². The highest BCUT2D eigenvalue weighted by Gasteiger charge is 2.30. The molecule has 0 aliphatic heterocycles. The number of ether oxygens (including phenoxy) is 1. The maximum absolute atomic E-state index is 12.8. The van der Waals surface area contributed by atoms with Crippen molar-refractivity contribution in [2.24, 2.45) is 0 Å². The van der Waals surface area contributed by atoms with Gasteiger partial charge in [0, 0.05) is 12.2 Å². The molecule has 0 radical (unpaired) electrons. The molecule has 2 aromatic rings. The fourth-order valence-electron chi connectivity index (χ4n) is 2.66. The molecule has 0 fully saturated rings. The van der Waals surface area contributed by atoms with Crippen molar-refractivity contribution in [3.05, 3.63) is 59.2 Å². The molecule has 2 amide bonds. The number of rotatable bonds is 4. The van der Waals surface area contributed by atoms with E-state index in [1.807, 2.05) is 32.9 Å². The molecule has 2 rings (SSSR count). The number of urea groups is 1. The summed E-state index contributed by atoms with van der Waals surface area (Å²) in [5.74, 6) is 0.720. The first-order valence-corrected chi connectivity index (χ1v) is 8.40. The first kappa shape index (κ1) is 20.6. The van der Waals surface area contributed by atoms with Crippen molar-refractivity contribution < 1.29 is 22.7 Å². The number of hydrogen-bond acceptors (Lipinski definition) is 2. The molecule has 0 aliphatic carbocycles. The number of anilines is 1. The van der Waals surface area contributed by atoms with E-state index in [2.05, 4.69) is 10.6 Å². The predicted molar refractivity (Wildman–Crippen MR) is 99.0 cm³/mol. The number of carbonyl (C=O) groups is 1. The first-order valence-electron chi connectivity index (χ1n) is 8.40. The molecule has 0 saturated heterocycles. The van der Waals surface area contributed by atoms with E-state index in [4.69, 9.17) is 4.74 Å². The third kappa shape index (κ3) is 5.64. The Bertz CT molecular complexity index is 812. The SMILES string of the molecule is COc1ccc(CNC(=O)Nc2cccc(C(F)(F)F)c2)c(C(C)(C)C)c1. The standard InChI is InChI=1S/C20H23F3N2O2/c1-19(2,3)17-11-16(27-4)9-8-13(17)12-24-18(26)25-15-7-5-6-14(10-15)20(21,22)23/h5-11H,12H2,1-4H3,(H2,24,25,26). The lowest BCUT2D eigenvalue weighted by atomic mass is 9.83. The van der Waals surface area contributed by atoms with Crippen molar-refractivity contribution in [2.75, 3.05) is 12.4 Å². The second-order valence-electron chi connectivity index (χ2n) is 7.16. The zero-order chi connectivity index (χ0) is 20.2. The fraction of sp³-hybridized carbons (Fsp3) is 0.350. The molecule has 27 heavy (non-hydrogen) atoms. The van der Waals surface area contributed by atoms with Crippen molar-refractivity contribution in [3.63, 3.8) is 0 Å². The number of halogens is 3. The number of nitrogens with one attached hydrogen (secondary N) is 2. The molecule has 2 N–H and O–H groups in total. The number of benzene rings is 2. The van der Waals surface area contributed by atoms with E-state index in [0.29, 0.717) is 0 Å². The maximum Gasteiger partial charge on any atom is 0.416 e. The van der Waals surface area contributed by atoms with Gasteiger partial charge in [-0.15, -0.1) is 0 Å². The lowest BCUT2D eigenvalue weighted by Gasteiger charge is -2.24. The van der Waals surface area contributed by atoms with Crippen LogP contribution in [0.3, 0.4) is 0 Å². The summed E-state index contributed by atoms with van der Waals surface area (Å²) in [6.07, 6.45) is -4.46. The van der Waals surface area contributed by atoms with Gasteiger partial charge in [0.05, 0.1) is 12.7 Å². The highest BCUT2D eigenvalue weighted by Crippen LogP contribution is 2.31.